The average Bonchev–Trinajstić information content (AvgIpc) is 3.42. The van der Waals surface area contributed by atoms with Crippen LogP contribution >= 0.6 is 0 Å². The van der Waals surface area contributed by atoms with Gasteiger partial charge in [-0.2, -0.15) is 13.2 Å². The number of amides is 1. The van der Waals surface area contributed by atoms with Gasteiger partial charge in [0.2, 0.25) is 12.0 Å². The highest BCUT2D eigenvalue weighted by Gasteiger charge is 2.45. The number of alkyl halides is 3. The van der Waals surface area contributed by atoms with Gasteiger partial charge in [0.15, 0.2) is 0 Å². The molecule has 1 amide bonds. The van der Waals surface area contributed by atoms with Crippen molar-refractivity contribution >= 4 is 11.9 Å². The third kappa shape index (κ3) is 5.79. The number of rotatable bonds is 6. The summed E-state index contributed by atoms with van der Waals surface area (Å²) in [6, 6.07) is 12.5. The first kappa shape index (κ1) is 24.9. The minimum absolute atomic E-state index is 0.0654. The van der Waals surface area contributed by atoms with Crippen molar-refractivity contribution in [3.05, 3.63) is 71.0 Å². The van der Waals surface area contributed by atoms with Gasteiger partial charge in [0.25, 0.3) is 0 Å². The summed E-state index contributed by atoms with van der Waals surface area (Å²) in [5.41, 5.74) is 3.17. The second kappa shape index (κ2) is 10.3. The maximum Gasteiger partial charge on any atom is 0.425 e. The molecule has 0 aliphatic carbocycles. The van der Waals surface area contributed by atoms with Crippen LogP contribution in [0.1, 0.15) is 27.0 Å². The standard InChI is InChI=1S/C25H25F3N6O3/c26-25(27,28)22-15-19-13-18(3-6-21(19)24(36)37-22)7-8-32-9-11-33(12-10-32)23(35)14-17-1-4-20(5-2-17)34-16-29-30-31-34/h1-6,13,16,22H,7-12,14-15H2. The van der Waals surface area contributed by atoms with Crippen LogP contribution in [0, 0.1) is 0 Å². The van der Waals surface area contributed by atoms with E-state index in [2.05, 4.69) is 25.2 Å². The van der Waals surface area contributed by atoms with E-state index in [1.807, 2.05) is 29.2 Å². The van der Waals surface area contributed by atoms with Gasteiger partial charge >= 0.3 is 12.1 Å². The van der Waals surface area contributed by atoms with Gasteiger partial charge in [-0.05, 0) is 51.7 Å². The molecule has 9 nitrogen and oxygen atoms in total. The predicted molar refractivity (Wildman–Crippen MR) is 125 cm³/mol. The number of hydrogen-bond acceptors (Lipinski definition) is 7. The number of cyclic esters (lactones) is 1. The van der Waals surface area contributed by atoms with Crippen LogP contribution in [0.25, 0.3) is 5.69 Å². The zero-order chi connectivity index (χ0) is 26.0. The van der Waals surface area contributed by atoms with Crippen molar-refractivity contribution in [3.8, 4) is 5.69 Å². The number of esters is 1. The van der Waals surface area contributed by atoms with E-state index in [0.29, 0.717) is 38.0 Å². The molecule has 3 heterocycles. The molecule has 3 aromatic rings. The van der Waals surface area contributed by atoms with E-state index < -0.39 is 18.2 Å². The molecule has 0 N–H and O–H groups in total. The number of ether oxygens (including phenoxy) is 1. The van der Waals surface area contributed by atoms with E-state index >= 15 is 0 Å². The molecular formula is C25H25F3N6O3. The fourth-order valence-electron chi connectivity index (χ4n) is 4.63. The Bertz CT molecular complexity index is 1260. The number of tetrazole rings is 1. The summed E-state index contributed by atoms with van der Waals surface area (Å²) in [5, 5.41) is 11.1. The van der Waals surface area contributed by atoms with Crippen LogP contribution in [0.15, 0.2) is 48.8 Å². The summed E-state index contributed by atoms with van der Waals surface area (Å²) in [6.45, 7) is 3.39. The van der Waals surface area contributed by atoms with Crippen LogP contribution in [0.2, 0.25) is 0 Å². The molecule has 1 unspecified atom stereocenters. The number of fused-ring (bicyclic) bond motifs is 1. The Hall–Kier alpha value is -3.80. The fraction of sp³-hybridized carbons (Fsp3) is 0.400. The summed E-state index contributed by atoms with van der Waals surface area (Å²) in [5.74, 6) is -0.866. The van der Waals surface area contributed by atoms with Crippen LogP contribution in [0.5, 0.6) is 0 Å². The Balaban J connectivity index is 1.10. The van der Waals surface area contributed by atoms with Gasteiger partial charge in [0, 0.05) is 39.1 Å². The summed E-state index contributed by atoms with van der Waals surface area (Å²) >= 11 is 0. The van der Waals surface area contributed by atoms with E-state index in [9.17, 15) is 22.8 Å². The average molecular weight is 515 g/mol. The lowest BCUT2D eigenvalue weighted by Gasteiger charge is -2.35. The van der Waals surface area contributed by atoms with Crippen LogP contribution in [-0.2, 0) is 28.8 Å². The number of nitrogens with zero attached hydrogens (tertiary/aromatic N) is 6. The van der Waals surface area contributed by atoms with E-state index in [-0.39, 0.29) is 17.9 Å². The second-order valence-corrected chi connectivity index (χ2v) is 9.20. The lowest BCUT2D eigenvalue weighted by molar-refractivity contribution is -0.205. The molecule has 37 heavy (non-hydrogen) atoms. The highest BCUT2D eigenvalue weighted by Crippen LogP contribution is 2.32. The van der Waals surface area contributed by atoms with Crippen LogP contribution in [-0.4, -0.2) is 86.9 Å². The molecule has 0 bridgehead atoms. The maximum atomic E-state index is 13.1. The molecule has 194 valence electrons. The first-order chi connectivity index (χ1) is 17.8. The lowest BCUT2D eigenvalue weighted by atomic mass is 9.95. The molecule has 0 spiro atoms. The Morgan fingerprint density at radius 2 is 1.76 bits per heavy atom. The van der Waals surface area contributed by atoms with E-state index in [1.54, 1.807) is 22.9 Å². The SMILES string of the molecule is O=C1OC(C(F)(F)F)Cc2cc(CCN3CCN(C(=O)Cc4ccc(-n5cnnn5)cc4)CC3)ccc21. The van der Waals surface area contributed by atoms with E-state index in [4.69, 9.17) is 0 Å². The number of carbonyl (C=O) groups is 2. The van der Waals surface area contributed by atoms with Crippen molar-refractivity contribution in [2.24, 2.45) is 0 Å². The van der Waals surface area contributed by atoms with Crippen LogP contribution in [0.3, 0.4) is 0 Å². The minimum atomic E-state index is -4.58. The molecule has 5 rings (SSSR count). The number of carbonyl (C=O) groups excluding carboxylic acids is 2. The minimum Gasteiger partial charge on any atom is -0.449 e. The molecule has 1 fully saturated rings. The molecule has 1 aromatic heterocycles. The van der Waals surface area contributed by atoms with Crippen molar-refractivity contribution in [2.75, 3.05) is 32.7 Å². The van der Waals surface area contributed by atoms with Crippen LogP contribution in [0.4, 0.5) is 13.2 Å². The number of hydrogen-bond donors (Lipinski definition) is 0. The third-order valence-electron chi connectivity index (χ3n) is 6.76. The Kier molecular flexibility index (Phi) is 6.92. The highest BCUT2D eigenvalue weighted by molar-refractivity contribution is 5.92. The summed E-state index contributed by atoms with van der Waals surface area (Å²) in [7, 11) is 0. The van der Waals surface area contributed by atoms with Gasteiger partial charge in [0.05, 0.1) is 17.7 Å². The molecular weight excluding hydrogens is 489 g/mol. The highest BCUT2D eigenvalue weighted by atomic mass is 19.4. The molecule has 0 saturated carbocycles. The summed E-state index contributed by atoms with van der Waals surface area (Å²) in [6.07, 6.45) is -4.59. The second-order valence-electron chi connectivity index (χ2n) is 9.20. The van der Waals surface area contributed by atoms with Gasteiger partial charge in [-0.1, -0.05) is 24.3 Å². The number of halogens is 3. The zero-order valence-corrected chi connectivity index (χ0v) is 19.9. The Morgan fingerprint density at radius 1 is 1.03 bits per heavy atom. The van der Waals surface area contributed by atoms with Crippen molar-refractivity contribution in [1.82, 2.24) is 30.0 Å². The number of benzene rings is 2. The molecule has 2 aliphatic rings. The maximum absolute atomic E-state index is 13.1. The van der Waals surface area contributed by atoms with E-state index in [1.165, 1.54) is 6.33 Å². The Labute approximate surface area is 210 Å². The molecule has 12 heteroatoms. The van der Waals surface area contributed by atoms with Crippen molar-refractivity contribution in [3.63, 3.8) is 0 Å². The van der Waals surface area contributed by atoms with Gasteiger partial charge in [-0.15, -0.1) is 5.10 Å². The first-order valence-electron chi connectivity index (χ1n) is 12.0. The van der Waals surface area contributed by atoms with Crippen LogP contribution < -0.4 is 0 Å². The van der Waals surface area contributed by atoms with Gasteiger partial charge in [0.1, 0.15) is 6.33 Å². The van der Waals surface area contributed by atoms with Crippen molar-refractivity contribution < 1.29 is 27.5 Å². The monoisotopic (exact) mass is 514 g/mol. The first-order valence-corrected chi connectivity index (χ1v) is 12.0. The Morgan fingerprint density at radius 3 is 2.43 bits per heavy atom. The summed E-state index contributed by atoms with van der Waals surface area (Å²) in [4.78, 5) is 28.8. The smallest absolute Gasteiger partial charge is 0.425 e. The topological polar surface area (TPSA) is 93.5 Å². The van der Waals surface area contributed by atoms with E-state index in [0.717, 1.165) is 29.9 Å². The molecule has 2 aromatic carbocycles. The lowest BCUT2D eigenvalue weighted by Crippen LogP contribution is -2.49. The molecule has 0 radical (unpaired) electrons. The number of piperazine rings is 1. The largest absolute Gasteiger partial charge is 0.449 e. The third-order valence-corrected chi connectivity index (χ3v) is 6.76. The normalized spacial score (nSPS) is 18.4. The predicted octanol–water partition coefficient (Wildman–Crippen LogP) is 2.24. The number of aromatic nitrogens is 4. The zero-order valence-electron chi connectivity index (χ0n) is 19.9. The van der Waals surface area contributed by atoms with Gasteiger partial charge < -0.3 is 9.64 Å². The summed E-state index contributed by atoms with van der Waals surface area (Å²) < 4.78 is 45.3. The van der Waals surface area contributed by atoms with Crippen molar-refractivity contribution in [1.29, 1.82) is 0 Å². The molecule has 1 saturated heterocycles. The quantitative estimate of drug-likeness (QED) is 0.466. The van der Waals surface area contributed by atoms with Crippen molar-refractivity contribution in [2.45, 2.75) is 31.5 Å². The molecule has 1 atom stereocenters. The molecule has 2 aliphatic heterocycles. The van der Waals surface area contributed by atoms with Gasteiger partial charge in [-0.25, -0.2) is 9.48 Å². The fourth-order valence-corrected chi connectivity index (χ4v) is 4.63. The van der Waals surface area contributed by atoms with Gasteiger partial charge in [-0.3, -0.25) is 9.69 Å².